The summed E-state index contributed by atoms with van der Waals surface area (Å²) in [7, 11) is 3.20. The van der Waals surface area contributed by atoms with E-state index < -0.39 is 12.0 Å². The van der Waals surface area contributed by atoms with Crippen molar-refractivity contribution in [2.24, 2.45) is 16.3 Å². The van der Waals surface area contributed by atoms with Crippen LogP contribution >= 0.6 is 0 Å². The standard InChI is InChI=1S/C30H30N2O4/c1-30(2)17-23-27(25(33)18-30)28(21-16-20(35-3)14-15-26(21)36-4)32(24-13-9-8-12-22(24)31-23)29(34)19-10-6-5-7-11-19/h5-16,27-28H,17-18H2,1-4H3/t27-,28-/m1/s1. The molecule has 0 N–H and O–H groups in total. The van der Waals surface area contributed by atoms with Crippen molar-refractivity contribution in [3.05, 3.63) is 83.9 Å². The first-order valence-corrected chi connectivity index (χ1v) is 12.1. The van der Waals surface area contributed by atoms with Crippen LogP contribution in [0.2, 0.25) is 0 Å². The lowest BCUT2D eigenvalue weighted by molar-refractivity contribution is -0.124. The summed E-state index contributed by atoms with van der Waals surface area (Å²) in [4.78, 5) is 34.9. The number of benzene rings is 3. The fourth-order valence-electron chi connectivity index (χ4n) is 5.46. The number of ether oxygens (including phenoxy) is 2. The third-order valence-electron chi connectivity index (χ3n) is 7.01. The highest BCUT2D eigenvalue weighted by atomic mass is 16.5. The number of carbonyl (C=O) groups excluding carboxylic acids is 2. The Kier molecular flexibility index (Phi) is 6.12. The monoisotopic (exact) mass is 482 g/mol. The lowest BCUT2D eigenvalue weighted by Crippen LogP contribution is -2.47. The first-order chi connectivity index (χ1) is 17.3. The van der Waals surface area contributed by atoms with Crippen LogP contribution in [-0.4, -0.2) is 31.6 Å². The number of ketones is 1. The molecule has 2 atom stereocenters. The lowest BCUT2D eigenvalue weighted by Gasteiger charge is -2.41. The van der Waals surface area contributed by atoms with Crippen molar-refractivity contribution in [1.29, 1.82) is 0 Å². The Labute approximate surface area is 211 Å². The maximum Gasteiger partial charge on any atom is 0.258 e. The molecule has 1 aliphatic heterocycles. The van der Waals surface area contributed by atoms with Crippen LogP contribution in [0.3, 0.4) is 0 Å². The van der Waals surface area contributed by atoms with Gasteiger partial charge in [0.05, 0.1) is 37.6 Å². The molecule has 36 heavy (non-hydrogen) atoms. The second-order valence-electron chi connectivity index (χ2n) is 10.1. The number of hydrogen-bond acceptors (Lipinski definition) is 5. The molecule has 0 spiro atoms. The van der Waals surface area contributed by atoms with E-state index in [-0.39, 0.29) is 17.1 Å². The molecular weight excluding hydrogens is 452 g/mol. The zero-order chi connectivity index (χ0) is 25.4. The zero-order valence-corrected chi connectivity index (χ0v) is 21.0. The van der Waals surface area contributed by atoms with Crippen molar-refractivity contribution in [3.63, 3.8) is 0 Å². The molecule has 0 bridgehead atoms. The first-order valence-electron chi connectivity index (χ1n) is 12.1. The Bertz CT molecular complexity index is 1350. The minimum absolute atomic E-state index is 0.0681. The fourth-order valence-corrected chi connectivity index (χ4v) is 5.46. The van der Waals surface area contributed by atoms with E-state index in [0.717, 1.165) is 5.71 Å². The molecular formula is C30H30N2O4. The predicted molar refractivity (Wildman–Crippen MR) is 141 cm³/mol. The molecule has 1 aliphatic carbocycles. The highest BCUT2D eigenvalue weighted by molar-refractivity contribution is 6.15. The van der Waals surface area contributed by atoms with E-state index >= 15 is 0 Å². The molecule has 1 amide bonds. The van der Waals surface area contributed by atoms with Crippen molar-refractivity contribution < 1.29 is 19.1 Å². The van der Waals surface area contributed by atoms with Gasteiger partial charge in [-0.2, -0.15) is 0 Å². The van der Waals surface area contributed by atoms with E-state index in [1.54, 1.807) is 31.3 Å². The minimum Gasteiger partial charge on any atom is -0.497 e. The summed E-state index contributed by atoms with van der Waals surface area (Å²) in [6.45, 7) is 4.18. The molecule has 0 saturated heterocycles. The first kappa shape index (κ1) is 23.8. The largest absolute Gasteiger partial charge is 0.497 e. The normalized spacial score (nSPS) is 20.5. The molecule has 0 aromatic heterocycles. The second-order valence-corrected chi connectivity index (χ2v) is 10.1. The van der Waals surface area contributed by atoms with Gasteiger partial charge in [-0.15, -0.1) is 0 Å². The summed E-state index contributed by atoms with van der Waals surface area (Å²) < 4.78 is 11.3. The van der Waals surface area contributed by atoms with Crippen LogP contribution in [0.4, 0.5) is 11.4 Å². The van der Waals surface area contributed by atoms with Crippen molar-refractivity contribution in [2.45, 2.75) is 32.7 Å². The van der Waals surface area contributed by atoms with Gasteiger partial charge in [-0.1, -0.05) is 44.2 Å². The Morgan fingerprint density at radius 2 is 1.67 bits per heavy atom. The van der Waals surface area contributed by atoms with Crippen LogP contribution in [0.5, 0.6) is 11.5 Å². The van der Waals surface area contributed by atoms with Gasteiger partial charge in [0.25, 0.3) is 5.91 Å². The van der Waals surface area contributed by atoms with Gasteiger partial charge >= 0.3 is 0 Å². The number of methoxy groups -OCH3 is 2. The highest BCUT2D eigenvalue weighted by Crippen LogP contribution is 2.50. The number of para-hydroxylation sites is 2. The van der Waals surface area contributed by atoms with Crippen molar-refractivity contribution in [1.82, 2.24) is 0 Å². The number of hydrogen-bond donors (Lipinski definition) is 0. The molecule has 6 nitrogen and oxygen atoms in total. The summed E-state index contributed by atoms with van der Waals surface area (Å²) in [5.41, 5.74) is 3.16. The van der Waals surface area contributed by atoms with Crippen LogP contribution in [0.15, 0.2) is 77.8 Å². The SMILES string of the molecule is COc1ccc(OC)c([C@@H]2[C@H]3C(=O)CC(C)(C)CC3=Nc3ccccc3N2C(=O)c2ccccc2)c1. The average Bonchev–Trinajstić information content (AvgIpc) is 3.02. The summed E-state index contributed by atoms with van der Waals surface area (Å²) in [6.07, 6.45) is 1.07. The summed E-state index contributed by atoms with van der Waals surface area (Å²) in [5, 5.41) is 0. The molecule has 6 heteroatoms. The minimum atomic E-state index is -0.659. The van der Waals surface area contributed by atoms with E-state index in [9.17, 15) is 9.59 Å². The fraction of sp³-hybridized carbons (Fsp3) is 0.300. The van der Waals surface area contributed by atoms with Gasteiger partial charge in [-0.25, -0.2) is 0 Å². The van der Waals surface area contributed by atoms with Gasteiger partial charge < -0.3 is 9.47 Å². The summed E-state index contributed by atoms with van der Waals surface area (Å²) in [6, 6.07) is 21.6. The van der Waals surface area contributed by atoms with E-state index in [2.05, 4.69) is 13.8 Å². The second kappa shape index (κ2) is 9.26. The number of rotatable bonds is 4. The lowest BCUT2D eigenvalue weighted by atomic mass is 9.67. The number of carbonyl (C=O) groups is 2. The van der Waals surface area contributed by atoms with E-state index in [1.807, 2.05) is 60.7 Å². The smallest absolute Gasteiger partial charge is 0.258 e. The molecule has 3 aromatic rings. The van der Waals surface area contributed by atoms with Crippen LogP contribution in [0.1, 0.15) is 48.7 Å². The van der Waals surface area contributed by atoms with Gasteiger partial charge in [0, 0.05) is 23.3 Å². The molecule has 0 radical (unpaired) electrons. The van der Waals surface area contributed by atoms with Crippen LogP contribution < -0.4 is 14.4 Å². The molecule has 0 unspecified atom stereocenters. The van der Waals surface area contributed by atoms with Gasteiger partial charge in [0.2, 0.25) is 0 Å². The number of fused-ring (bicyclic) bond motifs is 2. The van der Waals surface area contributed by atoms with Crippen molar-refractivity contribution in [3.8, 4) is 11.5 Å². The molecule has 1 fully saturated rings. The van der Waals surface area contributed by atoms with E-state index in [1.165, 1.54) is 0 Å². The number of anilines is 1. The van der Waals surface area contributed by atoms with E-state index in [4.69, 9.17) is 14.5 Å². The maximum atomic E-state index is 14.3. The van der Waals surface area contributed by atoms with Gasteiger partial charge in [-0.05, 0) is 54.3 Å². The van der Waals surface area contributed by atoms with Gasteiger partial charge in [0.1, 0.15) is 17.3 Å². The Hall–Kier alpha value is -3.93. The van der Waals surface area contributed by atoms with Crippen molar-refractivity contribution in [2.75, 3.05) is 19.1 Å². The third-order valence-corrected chi connectivity index (χ3v) is 7.01. The van der Waals surface area contributed by atoms with Gasteiger partial charge in [0.15, 0.2) is 0 Å². The Morgan fingerprint density at radius 1 is 0.944 bits per heavy atom. The number of amides is 1. The topological polar surface area (TPSA) is 68.2 Å². The van der Waals surface area contributed by atoms with Crippen LogP contribution in [0.25, 0.3) is 0 Å². The Balaban J connectivity index is 1.82. The molecule has 5 rings (SSSR count). The third kappa shape index (κ3) is 4.17. The van der Waals surface area contributed by atoms with E-state index in [0.29, 0.717) is 46.8 Å². The molecule has 184 valence electrons. The van der Waals surface area contributed by atoms with Crippen LogP contribution in [0, 0.1) is 11.3 Å². The maximum absolute atomic E-state index is 14.3. The van der Waals surface area contributed by atoms with Crippen LogP contribution in [-0.2, 0) is 4.79 Å². The average molecular weight is 483 g/mol. The summed E-state index contributed by atoms with van der Waals surface area (Å²) >= 11 is 0. The number of nitrogens with zero attached hydrogens (tertiary/aromatic N) is 2. The zero-order valence-electron chi connectivity index (χ0n) is 21.0. The molecule has 1 heterocycles. The summed E-state index contributed by atoms with van der Waals surface area (Å²) in [5.74, 6) is 0.463. The van der Waals surface area contributed by atoms with Gasteiger partial charge in [-0.3, -0.25) is 19.5 Å². The molecule has 2 aliphatic rings. The van der Waals surface area contributed by atoms with Crippen molar-refractivity contribution >= 4 is 28.8 Å². The molecule has 3 aromatic carbocycles. The Morgan fingerprint density at radius 3 is 2.39 bits per heavy atom. The highest BCUT2D eigenvalue weighted by Gasteiger charge is 2.48. The number of aliphatic imine (C=N–C) groups is 1. The predicted octanol–water partition coefficient (Wildman–Crippen LogP) is 6.18. The number of Topliss-reactive ketones (excluding diaryl/α,β-unsaturated/α-hetero) is 1. The quantitative estimate of drug-likeness (QED) is 0.445. The molecule has 1 saturated carbocycles.